The molecule has 4 atom stereocenters. The van der Waals surface area contributed by atoms with E-state index in [2.05, 4.69) is 17.1 Å². The van der Waals surface area contributed by atoms with E-state index in [1.807, 2.05) is 12.2 Å². The zero-order valence-corrected chi connectivity index (χ0v) is 20.0. The number of nitrogens with zero attached hydrogens (tertiary/aromatic N) is 1. The number of aliphatic hydroxyl groups excluding tert-OH is 2. The summed E-state index contributed by atoms with van der Waals surface area (Å²) in [5.41, 5.74) is 0. The molecule has 0 aliphatic heterocycles. The minimum atomic E-state index is -0.894. The van der Waals surface area contributed by atoms with E-state index in [-0.39, 0.29) is 36.7 Å². The highest BCUT2D eigenvalue weighted by Crippen LogP contribution is 2.38. The number of allylic oxidation sites excluding steroid dienone is 2. The predicted molar refractivity (Wildman–Crippen MR) is 125 cm³/mol. The summed E-state index contributed by atoms with van der Waals surface area (Å²) in [5, 5.41) is 32.4. The van der Waals surface area contributed by atoms with Crippen molar-refractivity contribution < 1.29 is 29.7 Å². The van der Waals surface area contributed by atoms with Crippen LogP contribution in [0.5, 0.6) is 0 Å². The Morgan fingerprint density at radius 1 is 1.03 bits per heavy atom. The molecule has 9 heteroatoms. The van der Waals surface area contributed by atoms with E-state index in [9.17, 15) is 29.9 Å². The Bertz CT molecular complexity index is 612. The summed E-state index contributed by atoms with van der Waals surface area (Å²) in [6.45, 7) is 2.10. The molecule has 0 aromatic heterocycles. The van der Waals surface area contributed by atoms with Crippen molar-refractivity contribution in [3.63, 3.8) is 0 Å². The van der Waals surface area contributed by atoms with Crippen LogP contribution in [-0.4, -0.2) is 52.3 Å². The topological polar surface area (TPSA) is 139 Å². The fourth-order valence-electron chi connectivity index (χ4n) is 4.44. The third-order valence-electron chi connectivity index (χ3n) is 6.31. The van der Waals surface area contributed by atoms with E-state index < -0.39 is 17.3 Å². The molecule has 0 radical (unpaired) electrons. The van der Waals surface area contributed by atoms with Crippen LogP contribution in [-0.2, 0) is 14.4 Å². The van der Waals surface area contributed by atoms with E-state index >= 15 is 0 Å². The van der Waals surface area contributed by atoms with Crippen LogP contribution >= 0.6 is 0 Å². The van der Waals surface area contributed by atoms with Gasteiger partial charge in [-0.3, -0.25) is 9.59 Å². The predicted octanol–water partition coefficient (Wildman–Crippen LogP) is 3.50. The number of hydrogen-bond acceptors (Lipinski definition) is 7. The molecule has 0 bridgehead atoms. The molecule has 3 N–H and O–H groups in total. The van der Waals surface area contributed by atoms with Crippen molar-refractivity contribution in [2.45, 2.75) is 103 Å². The van der Waals surface area contributed by atoms with Crippen molar-refractivity contribution in [3.05, 3.63) is 22.3 Å². The van der Waals surface area contributed by atoms with Crippen LogP contribution in [0.3, 0.4) is 0 Å². The summed E-state index contributed by atoms with van der Waals surface area (Å²) in [6, 6.07) is 0. The molecule has 0 aromatic carbocycles. The molecule has 1 aliphatic rings. The van der Waals surface area contributed by atoms with Gasteiger partial charge < -0.3 is 20.4 Å². The molecular formula is C24H42N2O7. The van der Waals surface area contributed by atoms with Gasteiger partial charge in [0, 0.05) is 25.8 Å². The lowest BCUT2D eigenvalue weighted by Crippen LogP contribution is -2.27. The largest absolute Gasteiger partial charge is 0.393 e. The minimum absolute atomic E-state index is 0.0569. The van der Waals surface area contributed by atoms with Crippen molar-refractivity contribution >= 4 is 11.7 Å². The molecule has 0 unspecified atom stereocenters. The zero-order chi connectivity index (χ0) is 24.5. The Kier molecular flexibility index (Phi) is 15.4. The number of aliphatic hydroxyl groups is 2. The van der Waals surface area contributed by atoms with Crippen molar-refractivity contribution in [2.75, 3.05) is 13.2 Å². The number of hydrogen-bond donors (Lipinski definition) is 3. The lowest BCUT2D eigenvalue weighted by atomic mass is 9.86. The SMILES string of the molecule is CCCCCCCC(=O)CC[C@@H]1[C@@H](CC=CCCCC(=O)NCCO[N+](=O)[O-])[C@@H](O)C[C@H]1O. The number of amides is 1. The van der Waals surface area contributed by atoms with Gasteiger partial charge in [-0.15, -0.1) is 10.1 Å². The van der Waals surface area contributed by atoms with Gasteiger partial charge in [0.15, 0.2) is 0 Å². The standard InChI is InChI=1S/C24H42N2O7/c1-2-3-4-5-8-11-19(27)14-15-21-20(22(28)18-23(21)29)12-9-6-7-10-13-24(30)25-16-17-33-26(31)32/h6,9,20-23,28-29H,2-5,7-8,10-18H2,1H3,(H,25,30)/t20-,21-,22+,23-/m1/s1. The monoisotopic (exact) mass is 470 g/mol. The van der Waals surface area contributed by atoms with Gasteiger partial charge in [-0.25, -0.2) is 0 Å². The van der Waals surface area contributed by atoms with Gasteiger partial charge in [0.1, 0.15) is 12.4 Å². The van der Waals surface area contributed by atoms with Gasteiger partial charge in [-0.05, 0) is 50.4 Å². The molecule has 0 spiro atoms. The van der Waals surface area contributed by atoms with Crippen LogP contribution < -0.4 is 5.32 Å². The number of unbranched alkanes of at least 4 members (excludes halogenated alkanes) is 5. The van der Waals surface area contributed by atoms with E-state index in [1.165, 1.54) is 19.3 Å². The molecular weight excluding hydrogens is 428 g/mol. The molecule has 33 heavy (non-hydrogen) atoms. The molecule has 9 nitrogen and oxygen atoms in total. The number of carbonyl (C=O) groups excluding carboxylic acids is 2. The maximum Gasteiger partial charge on any atom is 0.294 e. The zero-order valence-electron chi connectivity index (χ0n) is 20.0. The van der Waals surface area contributed by atoms with Gasteiger partial charge >= 0.3 is 0 Å². The lowest BCUT2D eigenvalue weighted by Gasteiger charge is -2.22. The normalized spacial score (nSPS) is 22.5. The second-order valence-corrected chi connectivity index (χ2v) is 8.95. The number of nitrogens with one attached hydrogen (secondary N) is 1. The van der Waals surface area contributed by atoms with Gasteiger partial charge in [0.2, 0.25) is 5.91 Å². The van der Waals surface area contributed by atoms with Crippen LogP contribution in [0.1, 0.15) is 90.4 Å². The van der Waals surface area contributed by atoms with Gasteiger partial charge in [-0.1, -0.05) is 44.8 Å². The van der Waals surface area contributed by atoms with Crippen molar-refractivity contribution in [2.24, 2.45) is 11.8 Å². The highest BCUT2D eigenvalue weighted by atomic mass is 16.9. The summed E-state index contributed by atoms with van der Waals surface area (Å²) >= 11 is 0. The van der Waals surface area contributed by atoms with Crippen molar-refractivity contribution in [1.82, 2.24) is 5.32 Å². The van der Waals surface area contributed by atoms with Gasteiger partial charge in [0.25, 0.3) is 5.09 Å². The number of carbonyl (C=O) groups is 2. The molecule has 1 saturated carbocycles. The average molecular weight is 471 g/mol. The quantitative estimate of drug-likeness (QED) is 0.114. The first-order valence-corrected chi connectivity index (χ1v) is 12.4. The Morgan fingerprint density at radius 3 is 2.48 bits per heavy atom. The highest BCUT2D eigenvalue weighted by Gasteiger charge is 2.40. The molecule has 0 heterocycles. The second-order valence-electron chi connectivity index (χ2n) is 8.95. The Labute approximate surface area is 197 Å². The summed E-state index contributed by atoms with van der Waals surface area (Å²) in [5.74, 6) is -0.0586. The summed E-state index contributed by atoms with van der Waals surface area (Å²) < 4.78 is 0. The molecule has 190 valence electrons. The first-order chi connectivity index (χ1) is 15.8. The second kappa shape index (κ2) is 17.5. The van der Waals surface area contributed by atoms with E-state index in [1.54, 1.807) is 0 Å². The maximum absolute atomic E-state index is 12.2. The Balaban J connectivity index is 2.24. The van der Waals surface area contributed by atoms with Gasteiger partial charge in [-0.2, -0.15) is 0 Å². The molecule has 1 rings (SSSR count). The van der Waals surface area contributed by atoms with Crippen LogP contribution in [0.4, 0.5) is 0 Å². The molecule has 1 aliphatic carbocycles. The fourth-order valence-corrected chi connectivity index (χ4v) is 4.44. The number of ketones is 1. The van der Waals surface area contributed by atoms with Crippen LogP contribution in [0.25, 0.3) is 0 Å². The van der Waals surface area contributed by atoms with Crippen molar-refractivity contribution in [1.29, 1.82) is 0 Å². The van der Waals surface area contributed by atoms with Gasteiger partial charge in [0.05, 0.1) is 12.2 Å². The summed E-state index contributed by atoms with van der Waals surface area (Å²) in [6.07, 6.45) is 12.8. The smallest absolute Gasteiger partial charge is 0.294 e. The van der Waals surface area contributed by atoms with Crippen molar-refractivity contribution in [3.8, 4) is 0 Å². The highest BCUT2D eigenvalue weighted by molar-refractivity contribution is 5.78. The number of rotatable bonds is 19. The van der Waals surface area contributed by atoms with Crippen LogP contribution in [0.2, 0.25) is 0 Å². The van der Waals surface area contributed by atoms with Crippen LogP contribution in [0.15, 0.2) is 12.2 Å². The summed E-state index contributed by atoms with van der Waals surface area (Å²) in [7, 11) is 0. The Hall–Kier alpha value is -2.00. The third-order valence-corrected chi connectivity index (χ3v) is 6.31. The summed E-state index contributed by atoms with van der Waals surface area (Å²) in [4.78, 5) is 38.0. The lowest BCUT2D eigenvalue weighted by molar-refractivity contribution is -0.757. The van der Waals surface area contributed by atoms with Crippen LogP contribution in [0, 0.1) is 22.0 Å². The average Bonchev–Trinajstić information content (AvgIpc) is 3.04. The maximum atomic E-state index is 12.2. The Morgan fingerprint density at radius 2 is 1.76 bits per heavy atom. The first kappa shape index (κ1) is 29.0. The third kappa shape index (κ3) is 13.3. The molecule has 1 fully saturated rings. The van der Waals surface area contributed by atoms with E-state index in [4.69, 9.17) is 0 Å². The number of Topliss-reactive ketones (excluding diaryl/α,β-unsaturated/α-hetero) is 1. The molecule has 1 amide bonds. The van der Waals surface area contributed by atoms with E-state index in [0.717, 1.165) is 12.8 Å². The fraction of sp³-hybridized carbons (Fsp3) is 0.833. The molecule has 0 aromatic rings. The first-order valence-electron chi connectivity index (χ1n) is 12.4. The molecule has 0 saturated heterocycles. The van der Waals surface area contributed by atoms with E-state index in [0.29, 0.717) is 51.4 Å². The minimum Gasteiger partial charge on any atom is -0.393 e.